The van der Waals surface area contributed by atoms with Crippen molar-refractivity contribution in [2.24, 2.45) is 0 Å². The van der Waals surface area contributed by atoms with Gasteiger partial charge >= 0.3 is 0 Å². The number of ether oxygens (including phenoxy) is 1. The molecular weight excluding hydrogens is 374 g/mol. The smallest absolute Gasteiger partial charge is 0.290 e. The van der Waals surface area contributed by atoms with Crippen molar-refractivity contribution in [1.82, 2.24) is 4.98 Å². The van der Waals surface area contributed by atoms with Crippen molar-refractivity contribution in [3.63, 3.8) is 0 Å². The third-order valence-electron chi connectivity index (χ3n) is 4.10. The minimum Gasteiger partial charge on any atom is -0.490 e. The van der Waals surface area contributed by atoms with Crippen LogP contribution in [0.3, 0.4) is 0 Å². The van der Waals surface area contributed by atoms with Crippen LogP contribution >= 0.6 is 15.9 Å². The Morgan fingerprint density at radius 2 is 2.04 bits per heavy atom. The molecule has 2 aromatic rings. The van der Waals surface area contributed by atoms with E-state index in [1.807, 2.05) is 24.3 Å². The Bertz CT molecular complexity index is 746. The average molecular weight is 392 g/mol. The molecule has 1 saturated heterocycles. The van der Waals surface area contributed by atoms with E-state index in [-0.39, 0.29) is 11.8 Å². The van der Waals surface area contributed by atoms with Gasteiger partial charge in [0.25, 0.3) is 5.69 Å². The molecule has 126 valence electrons. The molecule has 0 saturated carbocycles. The molecule has 0 spiro atoms. The molecule has 6 nitrogen and oxygen atoms in total. The highest BCUT2D eigenvalue weighted by Crippen LogP contribution is 2.26. The van der Waals surface area contributed by atoms with Gasteiger partial charge in [-0.15, -0.1) is 0 Å². The van der Waals surface area contributed by atoms with E-state index in [1.165, 1.54) is 6.07 Å². The number of hydrogen-bond acceptors (Lipinski definition) is 5. The Kier molecular flexibility index (Phi) is 4.99. The zero-order valence-electron chi connectivity index (χ0n) is 13.3. The molecule has 0 radical (unpaired) electrons. The molecule has 0 aliphatic carbocycles. The van der Waals surface area contributed by atoms with E-state index in [0.717, 1.165) is 42.0 Å². The van der Waals surface area contributed by atoms with Crippen LogP contribution in [0.1, 0.15) is 18.5 Å². The molecule has 1 fully saturated rings. The van der Waals surface area contributed by atoms with Gasteiger partial charge in [0.05, 0.1) is 4.92 Å². The number of nitrogens with zero attached hydrogens (tertiary/aromatic N) is 3. The molecule has 7 heteroatoms. The molecule has 0 bridgehead atoms. The first-order valence-electron chi connectivity index (χ1n) is 7.82. The number of benzene rings is 1. The van der Waals surface area contributed by atoms with E-state index in [1.54, 1.807) is 13.0 Å². The van der Waals surface area contributed by atoms with Crippen LogP contribution in [0, 0.1) is 17.0 Å². The summed E-state index contributed by atoms with van der Waals surface area (Å²) in [5, 5.41) is 10.9. The summed E-state index contributed by atoms with van der Waals surface area (Å²) in [7, 11) is 0. The lowest BCUT2D eigenvalue weighted by Gasteiger charge is -2.33. The number of aryl methyl sites for hydroxylation is 1. The van der Waals surface area contributed by atoms with E-state index in [0.29, 0.717) is 5.69 Å². The fraction of sp³-hybridized carbons (Fsp3) is 0.353. The topological polar surface area (TPSA) is 68.5 Å². The van der Waals surface area contributed by atoms with Crippen LogP contribution in [0.5, 0.6) is 5.75 Å². The number of piperidine rings is 1. The van der Waals surface area contributed by atoms with Gasteiger partial charge in [-0.2, -0.15) is 0 Å². The number of anilines is 1. The normalized spacial score (nSPS) is 15.3. The third-order valence-corrected chi connectivity index (χ3v) is 4.60. The minimum absolute atomic E-state index is 0.0617. The van der Waals surface area contributed by atoms with Crippen molar-refractivity contribution in [3.8, 4) is 5.75 Å². The Hall–Kier alpha value is -2.15. The summed E-state index contributed by atoms with van der Waals surface area (Å²) in [5.41, 5.74) is 0.511. The lowest BCUT2D eigenvalue weighted by molar-refractivity contribution is -0.385. The van der Waals surface area contributed by atoms with Crippen LogP contribution in [0.15, 0.2) is 40.9 Å². The summed E-state index contributed by atoms with van der Waals surface area (Å²) in [6.07, 6.45) is 1.96. The van der Waals surface area contributed by atoms with Gasteiger partial charge in [0.1, 0.15) is 23.4 Å². The van der Waals surface area contributed by atoms with E-state index < -0.39 is 4.92 Å². The first-order chi connectivity index (χ1) is 11.5. The van der Waals surface area contributed by atoms with Gasteiger partial charge in [-0.05, 0) is 31.2 Å². The first kappa shape index (κ1) is 16.7. The molecule has 0 amide bonds. The van der Waals surface area contributed by atoms with Gasteiger partial charge < -0.3 is 9.64 Å². The van der Waals surface area contributed by atoms with Gasteiger partial charge in [0.2, 0.25) is 0 Å². The van der Waals surface area contributed by atoms with E-state index in [2.05, 4.69) is 25.8 Å². The van der Waals surface area contributed by atoms with Gasteiger partial charge in [-0.1, -0.05) is 22.0 Å². The average Bonchev–Trinajstić information content (AvgIpc) is 2.55. The maximum absolute atomic E-state index is 10.9. The Morgan fingerprint density at radius 3 is 2.67 bits per heavy atom. The van der Waals surface area contributed by atoms with Crippen LogP contribution in [0.4, 0.5) is 11.5 Å². The Labute approximate surface area is 148 Å². The van der Waals surface area contributed by atoms with Gasteiger partial charge in [-0.25, -0.2) is 4.98 Å². The van der Waals surface area contributed by atoms with Gasteiger partial charge in [0, 0.05) is 36.5 Å². The van der Waals surface area contributed by atoms with Crippen LogP contribution in [0.2, 0.25) is 0 Å². The number of rotatable bonds is 4. The summed E-state index contributed by atoms with van der Waals surface area (Å²) in [6, 6.07) is 11.1. The molecule has 1 aliphatic rings. The monoisotopic (exact) mass is 391 g/mol. The number of pyridine rings is 1. The SMILES string of the molecule is Cc1nc(N2CCC(Oc3cccc(Br)c3)CC2)ccc1[N+](=O)[O-]. The molecule has 1 aliphatic heterocycles. The summed E-state index contributed by atoms with van der Waals surface area (Å²) < 4.78 is 7.03. The highest BCUT2D eigenvalue weighted by molar-refractivity contribution is 9.10. The van der Waals surface area contributed by atoms with Crippen LogP contribution < -0.4 is 9.64 Å². The van der Waals surface area contributed by atoms with Gasteiger partial charge in [-0.3, -0.25) is 10.1 Å². The van der Waals surface area contributed by atoms with Crippen LogP contribution in [-0.2, 0) is 0 Å². The molecule has 2 heterocycles. The van der Waals surface area contributed by atoms with Crippen LogP contribution in [0.25, 0.3) is 0 Å². The van der Waals surface area contributed by atoms with Crippen molar-refractivity contribution >= 4 is 27.4 Å². The van der Waals surface area contributed by atoms with Crippen molar-refractivity contribution in [2.75, 3.05) is 18.0 Å². The Morgan fingerprint density at radius 1 is 1.29 bits per heavy atom. The number of halogens is 1. The molecular formula is C17H18BrN3O3. The summed E-state index contributed by atoms with van der Waals surface area (Å²) in [6.45, 7) is 3.32. The minimum atomic E-state index is -0.399. The molecule has 1 aromatic heterocycles. The number of nitro groups is 1. The standard InChI is InChI=1S/C17H18BrN3O3/c1-12-16(21(22)23)5-6-17(19-12)20-9-7-14(8-10-20)24-15-4-2-3-13(18)11-15/h2-6,11,14H,7-10H2,1H3. The quantitative estimate of drug-likeness (QED) is 0.579. The summed E-state index contributed by atoms with van der Waals surface area (Å²) >= 11 is 3.45. The van der Waals surface area contributed by atoms with Crippen LogP contribution in [-0.4, -0.2) is 29.1 Å². The summed E-state index contributed by atoms with van der Waals surface area (Å²) in [4.78, 5) is 17.0. The second kappa shape index (κ2) is 7.17. The predicted molar refractivity (Wildman–Crippen MR) is 95.6 cm³/mol. The second-order valence-corrected chi connectivity index (χ2v) is 6.71. The maximum Gasteiger partial charge on any atom is 0.290 e. The van der Waals surface area contributed by atoms with E-state index in [9.17, 15) is 10.1 Å². The van der Waals surface area contributed by atoms with Crippen molar-refractivity contribution in [3.05, 3.63) is 56.7 Å². The lowest BCUT2D eigenvalue weighted by Crippen LogP contribution is -2.38. The first-order valence-corrected chi connectivity index (χ1v) is 8.61. The zero-order valence-corrected chi connectivity index (χ0v) is 14.9. The number of aromatic nitrogens is 1. The second-order valence-electron chi connectivity index (χ2n) is 5.79. The lowest BCUT2D eigenvalue weighted by atomic mass is 10.1. The maximum atomic E-state index is 10.9. The molecule has 3 rings (SSSR count). The van der Waals surface area contributed by atoms with Gasteiger partial charge in [0.15, 0.2) is 0 Å². The third kappa shape index (κ3) is 3.84. The molecule has 0 atom stereocenters. The number of hydrogen-bond donors (Lipinski definition) is 0. The van der Waals surface area contributed by atoms with Crippen molar-refractivity contribution in [2.45, 2.75) is 25.9 Å². The molecule has 1 aromatic carbocycles. The fourth-order valence-electron chi connectivity index (χ4n) is 2.85. The molecule has 0 unspecified atom stereocenters. The van der Waals surface area contributed by atoms with Crippen molar-refractivity contribution < 1.29 is 9.66 Å². The van der Waals surface area contributed by atoms with E-state index >= 15 is 0 Å². The molecule has 0 N–H and O–H groups in total. The highest BCUT2D eigenvalue weighted by atomic mass is 79.9. The zero-order chi connectivity index (χ0) is 17.1. The summed E-state index contributed by atoms with van der Waals surface area (Å²) in [5.74, 6) is 1.66. The predicted octanol–water partition coefficient (Wildman–Crippen LogP) is 4.11. The van der Waals surface area contributed by atoms with E-state index in [4.69, 9.17) is 4.74 Å². The highest BCUT2D eigenvalue weighted by Gasteiger charge is 2.23. The Balaban J connectivity index is 1.61. The molecule has 24 heavy (non-hydrogen) atoms. The van der Waals surface area contributed by atoms with Crippen molar-refractivity contribution in [1.29, 1.82) is 0 Å². The largest absolute Gasteiger partial charge is 0.490 e. The fourth-order valence-corrected chi connectivity index (χ4v) is 3.22.